The molecule has 3 aromatic rings. The molecule has 0 aliphatic carbocycles. The van der Waals surface area contributed by atoms with E-state index in [0.29, 0.717) is 17.1 Å². The standard InChI is InChI=1S/C22H20BrFN2O4/c1-14-2-3-15(12-19(14)24)21(27)25-10-11-26-22(28)20-9-8-18(30-20)13-29-17-6-4-16(23)5-7-17/h2-9,12H,10-11,13H2,1H3,(H,25,27)(H,26,28). The van der Waals surface area contributed by atoms with Crippen molar-refractivity contribution in [3.8, 4) is 5.75 Å². The molecule has 3 rings (SSSR count). The van der Waals surface area contributed by atoms with Gasteiger partial charge in [0, 0.05) is 23.1 Å². The average Bonchev–Trinajstić information content (AvgIpc) is 3.21. The van der Waals surface area contributed by atoms with Gasteiger partial charge in [-0.3, -0.25) is 9.59 Å². The summed E-state index contributed by atoms with van der Waals surface area (Å²) < 4.78 is 25.6. The van der Waals surface area contributed by atoms with Crippen LogP contribution in [0.25, 0.3) is 0 Å². The van der Waals surface area contributed by atoms with Crippen LogP contribution in [0.1, 0.15) is 32.2 Å². The lowest BCUT2D eigenvalue weighted by Crippen LogP contribution is -2.34. The number of hydrogen-bond donors (Lipinski definition) is 2. The average molecular weight is 475 g/mol. The van der Waals surface area contributed by atoms with Gasteiger partial charge in [0.05, 0.1) is 0 Å². The second-order valence-electron chi connectivity index (χ2n) is 6.48. The largest absolute Gasteiger partial charge is 0.486 e. The molecule has 2 amide bonds. The molecule has 0 fully saturated rings. The first-order chi connectivity index (χ1) is 14.4. The molecule has 0 saturated carbocycles. The molecule has 0 saturated heterocycles. The number of aryl methyl sites for hydroxylation is 1. The molecule has 1 aromatic heterocycles. The Balaban J connectivity index is 1.41. The molecule has 6 nitrogen and oxygen atoms in total. The van der Waals surface area contributed by atoms with Crippen LogP contribution in [0.5, 0.6) is 5.75 Å². The van der Waals surface area contributed by atoms with E-state index in [0.717, 1.165) is 4.47 Å². The van der Waals surface area contributed by atoms with Gasteiger partial charge in [-0.1, -0.05) is 22.0 Å². The van der Waals surface area contributed by atoms with Crippen molar-refractivity contribution in [2.75, 3.05) is 13.1 Å². The minimum atomic E-state index is -0.436. The first kappa shape index (κ1) is 21.6. The maximum absolute atomic E-state index is 13.5. The van der Waals surface area contributed by atoms with Gasteiger partial charge in [-0.2, -0.15) is 0 Å². The summed E-state index contributed by atoms with van der Waals surface area (Å²) in [7, 11) is 0. The van der Waals surface area contributed by atoms with Crippen LogP contribution in [-0.2, 0) is 6.61 Å². The molecule has 30 heavy (non-hydrogen) atoms. The Morgan fingerprint density at radius 3 is 2.40 bits per heavy atom. The first-order valence-corrected chi connectivity index (χ1v) is 10.0. The fourth-order valence-electron chi connectivity index (χ4n) is 2.54. The summed E-state index contributed by atoms with van der Waals surface area (Å²) in [6, 6.07) is 14.9. The number of amides is 2. The summed E-state index contributed by atoms with van der Waals surface area (Å²) in [6.07, 6.45) is 0. The van der Waals surface area contributed by atoms with E-state index < -0.39 is 17.6 Å². The number of hydrogen-bond acceptors (Lipinski definition) is 4. The Kier molecular flexibility index (Phi) is 7.24. The molecule has 1 heterocycles. The van der Waals surface area contributed by atoms with Gasteiger partial charge >= 0.3 is 0 Å². The number of rotatable bonds is 8. The number of carbonyl (C=O) groups is 2. The Morgan fingerprint density at radius 1 is 1.00 bits per heavy atom. The maximum Gasteiger partial charge on any atom is 0.287 e. The number of benzene rings is 2. The van der Waals surface area contributed by atoms with Crippen LogP contribution in [0.2, 0.25) is 0 Å². The van der Waals surface area contributed by atoms with Crippen LogP contribution in [-0.4, -0.2) is 24.9 Å². The Labute approximate surface area is 181 Å². The van der Waals surface area contributed by atoms with Gasteiger partial charge in [0.25, 0.3) is 11.8 Å². The van der Waals surface area contributed by atoms with Gasteiger partial charge in [-0.05, 0) is 61.0 Å². The topological polar surface area (TPSA) is 80.6 Å². The third-order valence-corrected chi connectivity index (χ3v) is 4.74. The normalized spacial score (nSPS) is 10.5. The van der Waals surface area contributed by atoms with Gasteiger partial charge in [-0.15, -0.1) is 0 Å². The fourth-order valence-corrected chi connectivity index (χ4v) is 2.80. The maximum atomic E-state index is 13.5. The number of ether oxygens (including phenoxy) is 1. The zero-order chi connectivity index (χ0) is 21.5. The van der Waals surface area contributed by atoms with Gasteiger partial charge in [0.15, 0.2) is 5.76 Å². The molecular weight excluding hydrogens is 455 g/mol. The third-order valence-electron chi connectivity index (χ3n) is 4.21. The van der Waals surface area contributed by atoms with Gasteiger partial charge < -0.3 is 19.8 Å². The second-order valence-corrected chi connectivity index (χ2v) is 7.40. The molecule has 8 heteroatoms. The molecule has 0 aliphatic heterocycles. The highest BCUT2D eigenvalue weighted by atomic mass is 79.9. The van der Waals surface area contributed by atoms with Crippen molar-refractivity contribution < 1.29 is 23.1 Å². The van der Waals surface area contributed by atoms with Crippen molar-refractivity contribution >= 4 is 27.7 Å². The van der Waals surface area contributed by atoms with E-state index in [1.807, 2.05) is 24.3 Å². The monoisotopic (exact) mass is 474 g/mol. The van der Waals surface area contributed by atoms with E-state index >= 15 is 0 Å². The van der Waals surface area contributed by atoms with E-state index in [4.69, 9.17) is 9.15 Å². The number of halogens is 2. The molecule has 0 atom stereocenters. The van der Waals surface area contributed by atoms with Crippen molar-refractivity contribution in [2.45, 2.75) is 13.5 Å². The van der Waals surface area contributed by atoms with E-state index in [2.05, 4.69) is 26.6 Å². The van der Waals surface area contributed by atoms with Crippen molar-refractivity contribution in [1.29, 1.82) is 0 Å². The minimum absolute atomic E-state index is 0.149. The second kappa shape index (κ2) is 10.1. The van der Waals surface area contributed by atoms with E-state index in [9.17, 15) is 14.0 Å². The van der Waals surface area contributed by atoms with Crippen LogP contribution in [0, 0.1) is 12.7 Å². The number of nitrogens with one attached hydrogen (secondary N) is 2. The summed E-state index contributed by atoms with van der Waals surface area (Å²) in [4.78, 5) is 24.2. The molecule has 2 aromatic carbocycles. The summed E-state index contributed by atoms with van der Waals surface area (Å²) in [6.45, 7) is 2.21. The smallest absolute Gasteiger partial charge is 0.287 e. The fraction of sp³-hybridized carbons (Fsp3) is 0.182. The van der Waals surface area contributed by atoms with E-state index in [-0.39, 0.29) is 31.0 Å². The predicted octanol–water partition coefficient (Wildman–Crippen LogP) is 4.23. The Morgan fingerprint density at radius 2 is 1.70 bits per heavy atom. The number of furan rings is 1. The highest BCUT2D eigenvalue weighted by Crippen LogP contribution is 2.18. The summed E-state index contributed by atoms with van der Waals surface area (Å²) in [5.74, 6) is 0.0987. The summed E-state index contributed by atoms with van der Waals surface area (Å²) in [5, 5.41) is 5.28. The van der Waals surface area contributed by atoms with Crippen LogP contribution in [0.4, 0.5) is 4.39 Å². The first-order valence-electron chi connectivity index (χ1n) is 9.22. The lowest BCUT2D eigenvalue weighted by Gasteiger charge is -2.07. The van der Waals surface area contributed by atoms with Gasteiger partial charge in [-0.25, -0.2) is 4.39 Å². The lowest BCUT2D eigenvalue weighted by molar-refractivity contribution is 0.0907. The molecule has 156 valence electrons. The quantitative estimate of drug-likeness (QED) is 0.478. The third kappa shape index (κ3) is 5.93. The zero-order valence-corrected chi connectivity index (χ0v) is 17.8. The predicted molar refractivity (Wildman–Crippen MR) is 113 cm³/mol. The van der Waals surface area contributed by atoms with Crippen molar-refractivity contribution in [2.24, 2.45) is 0 Å². The van der Waals surface area contributed by atoms with Crippen molar-refractivity contribution in [3.05, 3.63) is 87.5 Å². The van der Waals surface area contributed by atoms with Crippen LogP contribution in [0.3, 0.4) is 0 Å². The molecule has 0 radical (unpaired) electrons. The lowest BCUT2D eigenvalue weighted by atomic mass is 10.1. The Hall–Kier alpha value is -3.13. The van der Waals surface area contributed by atoms with Gasteiger partial charge in [0.1, 0.15) is 23.9 Å². The van der Waals surface area contributed by atoms with Crippen molar-refractivity contribution in [1.82, 2.24) is 10.6 Å². The van der Waals surface area contributed by atoms with Crippen LogP contribution in [0.15, 0.2) is 63.5 Å². The Bertz CT molecular complexity index is 1030. The van der Waals surface area contributed by atoms with E-state index in [1.54, 1.807) is 31.2 Å². The molecule has 2 N–H and O–H groups in total. The van der Waals surface area contributed by atoms with E-state index in [1.165, 1.54) is 6.07 Å². The summed E-state index contributed by atoms with van der Waals surface area (Å²) >= 11 is 3.35. The van der Waals surface area contributed by atoms with Crippen molar-refractivity contribution in [3.63, 3.8) is 0 Å². The zero-order valence-electron chi connectivity index (χ0n) is 16.2. The highest BCUT2D eigenvalue weighted by molar-refractivity contribution is 9.10. The molecule has 0 bridgehead atoms. The summed E-state index contributed by atoms with van der Waals surface area (Å²) in [5.41, 5.74) is 0.699. The van der Waals surface area contributed by atoms with Crippen LogP contribution >= 0.6 is 15.9 Å². The van der Waals surface area contributed by atoms with Crippen LogP contribution < -0.4 is 15.4 Å². The SMILES string of the molecule is Cc1ccc(C(=O)NCCNC(=O)c2ccc(COc3ccc(Br)cc3)o2)cc1F. The van der Waals surface area contributed by atoms with Gasteiger partial charge in [0.2, 0.25) is 0 Å². The molecule has 0 unspecified atom stereocenters. The molecule has 0 aliphatic rings. The molecular formula is C22H20BrFN2O4. The highest BCUT2D eigenvalue weighted by Gasteiger charge is 2.12. The number of carbonyl (C=O) groups excluding carboxylic acids is 2. The minimum Gasteiger partial charge on any atom is -0.486 e. The molecule has 0 spiro atoms.